The second-order valence-electron chi connectivity index (χ2n) is 5.47. The highest BCUT2D eigenvalue weighted by Gasteiger charge is 2.27. The topological polar surface area (TPSA) is 46.9 Å². The Morgan fingerprint density at radius 3 is 2.71 bits per heavy atom. The van der Waals surface area contributed by atoms with Gasteiger partial charge in [-0.25, -0.2) is 4.98 Å². The highest BCUT2D eigenvalue weighted by Crippen LogP contribution is 2.27. The molecule has 0 unspecified atom stereocenters. The second-order valence-corrected chi connectivity index (χ2v) is 6.42. The van der Waals surface area contributed by atoms with Crippen LogP contribution >= 0.6 is 11.8 Å². The van der Waals surface area contributed by atoms with Crippen LogP contribution in [0.1, 0.15) is 25.3 Å². The van der Waals surface area contributed by atoms with Crippen molar-refractivity contribution in [2.45, 2.75) is 31.1 Å². The van der Waals surface area contributed by atoms with E-state index < -0.39 is 18.6 Å². The lowest BCUT2D eigenvalue weighted by Crippen LogP contribution is -2.34. The van der Waals surface area contributed by atoms with E-state index in [-0.39, 0.29) is 5.75 Å². The van der Waals surface area contributed by atoms with Crippen LogP contribution in [0.2, 0.25) is 0 Å². The Labute approximate surface area is 142 Å². The third-order valence-electron chi connectivity index (χ3n) is 3.24. The van der Waals surface area contributed by atoms with Gasteiger partial charge in [0.2, 0.25) is 5.91 Å². The van der Waals surface area contributed by atoms with Crippen LogP contribution in [-0.2, 0) is 4.79 Å². The van der Waals surface area contributed by atoms with Crippen molar-refractivity contribution in [3.63, 3.8) is 0 Å². The molecule has 0 radical (unpaired) electrons. The quantitative estimate of drug-likeness (QED) is 0.801. The van der Waals surface area contributed by atoms with E-state index >= 15 is 0 Å². The summed E-state index contributed by atoms with van der Waals surface area (Å²) < 4.78 is 38.1. The lowest BCUT2D eigenvalue weighted by Gasteiger charge is -2.15. The number of aromatic nitrogens is 2. The summed E-state index contributed by atoms with van der Waals surface area (Å²) in [5.41, 5.74) is 2.07. The van der Waals surface area contributed by atoms with Gasteiger partial charge in [-0.2, -0.15) is 13.2 Å². The summed E-state index contributed by atoms with van der Waals surface area (Å²) >= 11 is 1.10. The first-order valence-corrected chi connectivity index (χ1v) is 8.35. The number of amides is 1. The zero-order valence-electron chi connectivity index (χ0n) is 13.3. The molecule has 0 aliphatic carbocycles. The zero-order valence-corrected chi connectivity index (χ0v) is 14.1. The molecule has 0 saturated carbocycles. The first-order chi connectivity index (χ1) is 11.3. The molecule has 2 rings (SSSR count). The number of para-hydroxylation sites is 1. The van der Waals surface area contributed by atoms with Gasteiger partial charge in [-0.05, 0) is 17.5 Å². The first-order valence-electron chi connectivity index (χ1n) is 7.37. The second kappa shape index (κ2) is 7.74. The Morgan fingerprint density at radius 2 is 2.04 bits per heavy atom. The van der Waals surface area contributed by atoms with Gasteiger partial charge in [0.25, 0.3) is 0 Å². The van der Waals surface area contributed by atoms with Crippen LogP contribution < -0.4 is 5.32 Å². The van der Waals surface area contributed by atoms with E-state index in [0.29, 0.717) is 11.1 Å². The summed E-state index contributed by atoms with van der Waals surface area (Å²) in [5.74, 6) is -0.503. The third kappa shape index (κ3) is 5.02. The van der Waals surface area contributed by atoms with Gasteiger partial charge in [0.05, 0.1) is 11.4 Å². The van der Waals surface area contributed by atoms with E-state index in [1.807, 2.05) is 34.1 Å². The molecule has 0 aliphatic rings. The Balaban J connectivity index is 2.08. The molecule has 0 saturated heterocycles. The number of carbonyl (C=O) groups is 1. The molecular formula is C16H18F3N3OS. The fourth-order valence-corrected chi connectivity index (χ4v) is 2.95. The van der Waals surface area contributed by atoms with E-state index in [0.717, 1.165) is 23.0 Å². The molecule has 1 heterocycles. The van der Waals surface area contributed by atoms with Gasteiger partial charge < -0.3 is 5.32 Å². The van der Waals surface area contributed by atoms with Crippen molar-refractivity contribution < 1.29 is 18.0 Å². The van der Waals surface area contributed by atoms with Crippen LogP contribution in [0.3, 0.4) is 0 Å². The van der Waals surface area contributed by atoms with Crippen molar-refractivity contribution in [3.8, 4) is 5.69 Å². The van der Waals surface area contributed by atoms with Crippen molar-refractivity contribution in [2.75, 3.05) is 12.3 Å². The molecule has 0 spiro atoms. The predicted molar refractivity (Wildman–Crippen MR) is 87.4 cm³/mol. The van der Waals surface area contributed by atoms with Crippen molar-refractivity contribution >= 4 is 17.7 Å². The van der Waals surface area contributed by atoms with Crippen molar-refractivity contribution in [3.05, 3.63) is 42.2 Å². The molecule has 1 aromatic heterocycles. The number of nitrogens with one attached hydrogen (secondary N) is 1. The molecule has 24 heavy (non-hydrogen) atoms. The molecule has 1 amide bonds. The Morgan fingerprint density at radius 1 is 1.33 bits per heavy atom. The zero-order chi connectivity index (χ0) is 17.7. The molecular weight excluding hydrogens is 339 g/mol. The molecule has 4 nitrogen and oxygen atoms in total. The number of nitrogens with zero attached hydrogens (tertiary/aromatic N) is 2. The number of halogens is 3. The summed E-state index contributed by atoms with van der Waals surface area (Å²) in [5, 5.41) is 2.41. The predicted octanol–water partition coefficient (Wildman–Crippen LogP) is 3.77. The van der Waals surface area contributed by atoms with Gasteiger partial charge in [0, 0.05) is 12.4 Å². The first kappa shape index (κ1) is 18.4. The molecule has 8 heteroatoms. The maximum Gasteiger partial charge on any atom is 0.405 e. The van der Waals surface area contributed by atoms with E-state index in [2.05, 4.69) is 18.8 Å². The number of rotatable bonds is 6. The third-order valence-corrected chi connectivity index (χ3v) is 4.21. The monoisotopic (exact) mass is 357 g/mol. The van der Waals surface area contributed by atoms with E-state index in [9.17, 15) is 18.0 Å². The van der Waals surface area contributed by atoms with Gasteiger partial charge in [-0.3, -0.25) is 9.36 Å². The van der Waals surface area contributed by atoms with Gasteiger partial charge in [0.15, 0.2) is 5.16 Å². The van der Waals surface area contributed by atoms with Gasteiger partial charge >= 0.3 is 6.18 Å². The molecule has 0 atom stereocenters. The summed E-state index contributed by atoms with van der Waals surface area (Å²) in [6, 6.07) is 7.83. The largest absolute Gasteiger partial charge is 0.405 e. The van der Waals surface area contributed by atoms with E-state index in [1.54, 1.807) is 12.4 Å². The molecule has 130 valence electrons. The summed E-state index contributed by atoms with van der Waals surface area (Å²) in [6.07, 6.45) is -1.03. The average molecular weight is 357 g/mol. The molecule has 1 N–H and O–H groups in total. The number of alkyl halides is 3. The van der Waals surface area contributed by atoms with Crippen LogP contribution in [-0.4, -0.2) is 33.9 Å². The van der Waals surface area contributed by atoms with Crippen LogP contribution in [0.5, 0.6) is 0 Å². The Hall–Kier alpha value is -1.96. The van der Waals surface area contributed by atoms with Crippen LogP contribution in [0, 0.1) is 0 Å². The molecule has 0 bridgehead atoms. The smallest absolute Gasteiger partial charge is 0.346 e. The minimum atomic E-state index is -4.41. The Kier molecular flexibility index (Phi) is 5.93. The lowest BCUT2D eigenvalue weighted by atomic mass is 10.0. The molecule has 1 aromatic carbocycles. The van der Waals surface area contributed by atoms with Crippen LogP contribution in [0.15, 0.2) is 41.8 Å². The number of hydrogen-bond acceptors (Lipinski definition) is 3. The summed E-state index contributed by atoms with van der Waals surface area (Å²) in [4.78, 5) is 15.7. The van der Waals surface area contributed by atoms with Crippen molar-refractivity contribution in [1.29, 1.82) is 0 Å². The highest BCUT2D eigenvalue weighted by molar-refractivity contribution is 7.99. The number of imidazole rings is 1. The van der Waals surface area contributed by atoms with E-state index in [1.165, 1.54) is 0 Å². The van der Waals surface area contributed by atoms with Crippen LogP contribution in [0.25, 0.3) is 5.69 Å². The SMILES string of the molecule is CC(C)c1ccccc1-n1ccnc1SCC(=O)NCC(F)(F)F. The fraction of sp³-hybridized carbons (Fsp3) is 0.375. The number of benzene rings is 1. The average Bonchev–Trinajstić information content (AvgIpc) is 2.98. The normalized spacial score (nSPS) is 11.8. The van der Waals surface area contributed by atoms with Crippen molar-refractivity contribution in [2.24, 2.45) is 0 Å². The van der Waals surface area contributed by atoms with Crippen molar-refractivity contribution in [1.82, 2.24) is 14.9 Å². The summed E-state index contributed by atoms with van der Waals surface area (Å²) in [6.45, 7) is 2.83. The molecule has 2 aromatic rings. The number of hydrogen-bond donors (Lipinski definition) is 1. The van der Waals surface area contributed by atoms with Gasteiger partial charge in [0.1, 0.15) is 6.54 Å². The number of carbonyl (C=O) groups excluding carboxylic acids is 1. The minimum absolute atomic E-state index is 0.128. The van der Waals surface area contributed by atoms with Crippen LogP contribution in [0.4, 0.5) is 13.2 Å². The highest BCUT2D eigenvalue weighted by atomic mass is 32.2. The lowest BCUT2D eigenvalue weighted by molar-refractivity contribution is -0.136. The standard InChI is InChI=1S/C16H18F3N3OS/c1-11(2)12-5-3-4-6-13(12)22-8-7-20-15(22)24-9-14(23)21-10-16(17,18)19/h3-8,11H,9-10H2,1-2H3,(H,21,23). The maximum absolute atomic E-state index is 12.1. The molecule has 0 fully saturated rings. The minimum Gasteiger partial charge on any atom is -0.346 e. The summed E-state index contributed by atoms with van der Waals surface area (Å²) in [7, 11) is 0. The Bertz CT molecular complexity index is 698. The van der Waals surface area contributed by atoms with Gasteiger partial charge in [-0.1, -0.05) is 43.8 Å². The van der Waals surface area contributed by atoms with Gasteiger partial charge in [-0.15, -0.1) is 0 Å². The van der Waals surface area contributed by atoms with E-state index in [4.69, 9.17) is 0 Å². The number of thioether (sulfide) groups is 1. The maximum atomic E-state index is 12.1. The molecule has 0 aliphatic heterocycles. The fourth-order valence-electron chi connectivity index (χ4n) is 2.15.